The Morgan fingerprint density at radius 1 is 1.00 bits per heavy atom. The van der Waals surface area contributed by atoms with Crippen molar-refractivity contribution in [1.82, 2.24) is 15.2 Å². The van der Waals surface area contributed by atoms with Gasteiger partial charge in [-0.15, -0.1) is 0 Å². The number of nitrogens with one attached hydrogen (secondary N) is 3. The first-order valence-electron chi connectivity index (χ1n) is 9.40. The van der Waals surface area contributed by atoms with Gasteiger partial charge in [0.05, 0.1) is 18.6 Å². The van der Waals surface area contributed by atoms with Gasteiger partial charge in [-0.1, -0.05) is 0 Å². The molecule has 31 heavy (non-hydrogen) atoms. The highest BCUT2D eigenvalue weighted by molar-refractivity contribution is 7.89. The SMILES string of the molecule is COc1ccc(NCC(=O)NNC(=O)CCCN(C)S(=O)(=O)c2ccc(F)cc2)cc1. The van der Waals surface area contributed by atoms with E-state index in [1.165, 1.54) is 19.2 Å². The van der Waals surface area contributed by atoms with E-state index in [4.69, 9.17) is 4.74 Å². The lowest BCUT2D eigenvalue weighted by molar-refractivity contribution is -0.128. The van der Waals surface area contributed by atoms with Crippen LogP contribution in [0.3, 0.4) is 0 Å². The first-order chi connectivity index (χ1) is 14.7. The summed E-state index contributed by atoms with van der Waals surface area (Å²) in [5.74, 6) is -0.733. The highest BCUT2D eigenvalue weighted by Crippen LogP contribution is 2.16. The molecule has 0 saturated carbocycles. The molecule has 0 atom stereocenters. The van der Waals surface area contributed by atoms with Crippen LogP contribution in [-0.2, 0) is 19.6 Å². The maximum Gasteiger partial charge on any atom is 0.257 e. The standard InChI is InChI=1S/C20H25FN4O5S/c1-25(31(28,29)18-11-5-15(21)6-12-18)13-3-4-19(26)23-24-20(27)14-22-16-7-9-17(30-2)10-8-16/h5-12,22H,3-4,13-14H2,1-2H3,(H,23,26)(H,24,27). The van der Waals surface area contributed by atoms with Gasteiger partial charge in [0, 0.05) is 25.7 Å². The Kier molecular flexibility index (Phi) is 8.76. The molecule has 0 fully saturated rings. The number of benzene rings is 2. The van der Waals surface area contributed by atoms with Crippen LogP contribution in [0.4, 0.5) is 10.1 Å². The largest absolute Gasteiger partial charge is 0.497 e. The van der Waals surface area contributed by atoms with Crippen LogP contribution in [0.5, 0.6) is 5.75 Å². The molecule has 3 N–H and O–H groups in total. The minimum atomic E-state index is -3.77. The Hall–Kier alpha value is -3.18. The summed E-state index contributed by atoms with van der Waals surface area (Å²) in [6, 6.07) is 11.5. The molecule has 0 radical (unpaired) electrons. The van der Waals surface area contributed by atoms with E-state index in [0.29, 0.717) is 11.4 Å². The van der Waals surface area contributed by atoms with Crippen LogP contribution in [0.25, 0.3) is 0 Å². The van der Waals surface area contributed by atoms with Crippen LogP contribution in [0, 0.1) is 5.82 Å². The van der Waals surface area contributed by atoms with E-state index in [-0.39, 0.29) is 30.8 Å². The number of hydrogen-bond donors (Lipinski definition) is 3. The number of sulfonamides is 1. The third-order valence-electron chi connectivity index (χ3n) is 4.28. The zero-order valence-corrected chi connectivity index (χ0v) is 18.0. The van der Waals surface area contributed by atoms with Crippen molar-refractivity contribution in [3.63, 3.8) is 0 Å². The first kappa shape index (κ1) is 24.1. The lowest BCUT2D eigenvalue weighted by Crippen LogP contribution is -2.44. The predicted molar refractivity (Wildman–Crippen MR) is 113 cm³/mol. The maximum atomic E-state index is 13.0. The monoisotopic (exact) mass is 452 g/mol. The lowest BCUT2D eigenvalue weighted by atomic mass is 10.3. The number of hydrazine groups is 1. The summed E-state index contributed by atoms with van der Waals surface area (Å²) in [5, 5.41) is 2.90. The quantitative estimate of drug-likeness (QED) is 0.471. The van der Waals surface area contributed by atoms with Crippen molar-refractivity contribution in [2.45, 2.75) is 17.7 Å². The number of amides is 2. The summed E-state index contributed by atoms with van der Waals surface area (Å²) in [6.07, 6.45) is 0.248. The maximum absolute atomic E-state index is 13.0. The molecular weight excluding hydrogens is 427 g/mol. The minimum Gasteiger partial charge on any atom is -0.497 e. The van der Waals surface area contributed by atoms with E-state index < -0.39 is 27.7 Å². The van der Waals surface area contributed by atoms with Gasteiger partial charge in [-0.25, -0.2) is 17.1 Å². The molecule has 0 heterocycles. The van der Waals surface area contributed by atoms with Gasteiger partial charge < -0.3 is 10.1 Å². The number of anilines is 1. The van der Waals surface area contributed by atoms with Gasteiger partial charge in [0.2, 0.25) is 15.9 Å². The molecule has 9 nitrogen and oxygen atoms in total. The van der Waals surface area contributed by atoms with Crippen LogP contribution in [0.15, 0.2) is 53.4 Å². The minimum absolute atomic E-state index is 0.00939. The highest BCUT2D eigenvalue weighted by Gasteiger charge is 2.20. The lowest BCUT2D eigenvalue weighted by Gasteiger charge is -2.17. The fourth-order valence-electron chi connectivity index (χ4n) is 2.51. The second kappa shape index (κ2) is 11.3. The zero-order chi connectivity index (χ0) is 22.9. The number of ether oxygens (including phenoxy) is 1. The number of carbonyl (C=O) groups is 2. The molecule has 0 aliphatic rings. The first-order valence-corrected chi connectivity index (χ1v) is 10.8. The van der Waals surface area contributed by atoms with Gasteiger partial charge >= 0.3 is 0 Å². The predicted octanol–water partition coefficient (Wildman–Crippen LogP) is 1.49. The number of nitrogens with zero attached hydrogens (tertiary/aromatic N) is 1. The fourth-order valence-corrected chi connectivity index (χ4v) is 3.72. The van der Waals surface area contributed by atoms with Crippen LogP contribution in [-0.4, -0.2) is 51.8 Å². The molecular formula is C20H25FN4O5S. The van der Waals surface area contributed by atoms with Crippen LogP contribution < -0.4 is 20.9 Å². The highest BCUT2D eigenvalue weighted by atomic mass is 32.2. The molecule has 0 aromatic heterocycles. The van der Waals surface area contributed by atoms with Crippen molar-refractivity contribution in [3.05, 3.63) is 54.3 Å². The summed E-state index contributed by atoms with van der Waals surface area (Å²) in [4.78, 5) is 23.6. The van der Waals surface area contributed by atoms with E-state index in [2.05, 4.69) is 16.2 Å². The Morgan fingerprint density at radius 3 is 2.23 bits per heavy atom. The van der Waals surface area contributed by atoms with Crippen molar-refractivity contribution in [2.24, 2.45) is 0 Å². The van der Waals surface area contributed by atoms with Gasteiger partial charge in [0.1, 0.15) is 11.6 Å². The number of carbonyl (C=O) groups excluding carboxylic acids is 2. The number of halogens is 1. The van der Waals surface area contributed by atoms with E-state index in [9.17, 15) is 22.4 Å². The van der Waals surface area contributed by atoms with Crippen molar-refractivity contribution >= 4 is 27.5 Å². The van der Waals surface area contributed by atoms with Crippen molar-refractivity contribution in [2.75, 3.05) is 32.6 Å². The summed E-state index contributed by atoms with van der Waals surface area (Å²) in [5.41, 5.74) is 5.28. The van der Waals surface area contributed by atoms with Gasteiger partial charge in [-0.3, -0.25) is 20.4 Å². The molecule has 0 aliphatic heterocycles. The molecule has 11 heteroatoms. The molecule has 0 bridgehead atoms. The Balaban J connectivity index is 1.67. The Bertz CT molecular complexity index is 982. The summed E-state index contributed by atoms with van der Waals surface area (Å²) in [6.45, 7) is 0.0331. The Morgan fingerprint density at radius 2 is 1.61 bits per heavy atom. The van der Waals surface area contributed by atoms with E-state index >= 15 is 0 Å². The normalized spacial score (nSPS) is 11.1. The van der Waals surface area contributed by atoms with Crippen LogP contribution >= 0.6 is 0 Å². The van der Waals surface area contributed by atoms with Gasteiger partial charge in [0.25, 0.3) is 5.91 Å². The molecule has 0 spiro atoms. The second-order valence-electron chi connectivity index (χ2n) is 6.56. The van der Waals surface area contributed by atoms with Crippen molar-refractivity contribution < 1.29 is 27.1 Å². The Labute approximate surface area is 180 Å². The van der Waals surface area contributed by atoms with Crippen LogP contribution in [0.1, 0.15) is 12.8 Å². The van der Waals surface area contributed by atoms with E-state index in [1.54, 1.807) is 31.4 Å². The molecule has 2 aromatic carbocycles. The third-order valence-corrected chi connectivity index (χ3v) is 6.15. The average Bonchev–Trinajstić information content (AvgIpc) is 2.76. The molecule has 2 aromatic rings. The molecule has 0 aliphatic carbocycles. The van der Waals surface area contributed by atoms with E-state index in [1.807, 2.05) is 0 Å². The van der Waals surface area contributed by atoms with Crippen LogP contribution in [0.2, 0.25) is 0 Å². The van der Waals surface area contributed by atoms with Crippen molar-refractivity contribution in [3.8, 4) is 5.75 Å². The second-order valence-corrected chi connectivity index (χ2v) is 8.61. The number of rotatable bonds is 10. The van der Waals surface area contributed by atoms with Gasteiger partial charge in [0.15, 0.2) is 0 Å². The third kappa shape index (κ3) is 7.54. The molecule has 2 amide bonds. The average molecular weight is 453 g/mol. The van der Waals surface area contributed by atoms with Gasteiger partial charge in [-0.05, 0) is 55.0 Å². The molecule has 168 valence electrons. The van der Waals surface area contributed by atoms with Gasteiger partial charge in [-0.2, -0.15) is 0 Å². The molecule has 2 rings (SSSR count). The van der Waals surface area contributed by atoms with Crippen molar-refractivity contribution in [1.29, 1.82) is 0 Å². The smallest absolute Gasteiger partial charge is 0.257 e. The molecule has 0 saturated heterocycles. The number of methoxy groups -OCH3 is 1. The zero-order valence-electron chi connectivity index (χ0n) is 17.2. The molecule has 0 unspecified atom stereocenters. The fraction of sp³-hybridized carbons (Fsp3) is 0.300. The summed E-state index contributed by atoms with van der Waals surface area (Å²) < 4.78 is 43.9. The van der Waals surface area contributed by atoms with E-state index in [0.717, 1.165) is 16.4 Å². The number of hydrogen-bond acceptors (Lipinski definition) is 6. The summed E-state index contributed by atoms with van der Waals surface area (Å²) >= 11 is 0. The summed E-state index contributed by atoms with van der Waals surface area (Å²) in [7, 11) is -0.834. The topological polar surface area (TPSA) is 117 Å².